The Morgan fingerprint density at radius 3 is 2.78 bits per heavy atom. The second-order valence-electron chi connectivity index (χ2n) is 5.62. The van der Waals surface area contributed by atoms with Crippen molar-refractivity contribution in [2.45, 2.75) is 19.6 Å². The van der Waals surface area contributed by atoms with E-state index in [-0.39, 0.29) is 0 Å². The lowest BCUT2D eigenvalue weighted by molar-refractivity contribution is 0.173. The highest BCUT2D eigenvalue weighted by molar-refractivity contribution is 5.79. The van der Waals surface area contributed by atoms with Gasteiger partial charge in [0.15, 0.2) is 0 Å². The lowest BCUT2D eigenvalue weighted by Gasteiger charge is -2.13. The second-order valence-corrected chi connectivity index (χ2v) is 5.62. The van der Waals surface area contributed by atoms with Gasteiger partial charge in [-0.05, 0) is 42.3 Å². The molecular weight excluding hydrogens is 290 g/mol. The lowest BCUT2D eigenvalue weighted by Crippen LogP contribution is -2.21. The van der Waals surface area contributed by atoms with E-state index in [2.05, 4.69) is 5.32 Å². The minimum absolute atomic E-state index is 0.477. The van der Waals surface area contributed by atoms with Crippen LogP contribution >= 0.6 is 0 Å². The van der Waals surface area contributed by atoms with Crippen molar-refractivity contribution in [2.24, 2.45) is 0 Å². The van der Waals surface area contributed by atoms with Crippen LogP contribution in [0.3, 0.4) is 0 Å². The van der Waals surface area contributed by atoms with Crippen LogP contribution in [0, 0.1) is 6.92 Å². The summed E-state index contributed by atoms with van der Waals surface area (Å²) in [5.41, 5.74) is 2.88. The smallest absolute Gasteiger partial charge is 0.134 e. The van der Waals surface area contributed by atoms with E-state index < -0.39 is 6.10 Å². The van der Waals surface area contributed by atoms with Gasteiger partial charge in [-0.1, -0.05) is 24.3 Å². The van der Waals surface area contributed by atoms with Crippen molar-refractivity contribution in [2.75, 3.05) is 13.7 Å². The molecule has 4 nitrogen and oxygen atoms in total. The molecule has 0 radical (unpaired) electrons. The molecule has 1 heterocycles. The van der Waals surface area contributed by atoms with Crippen molar-refractivity contribution >= 4 is 11.0 Å². The molecule has 0 spiro atoms. The third-order valence-corrected chi connectivity index (χ3v) is 3.96. The summed E-state index contributed by atoms with van der Waals surface area (Å²) in [6.07, 6.45) is -0.527. The Hall–Kier alpha value is -2.30. The first-order valence-corrected chi connectivity index (χ1v) is 7.68. The Kier molecular flexibility index (Phi) is 4.65. The van der Waals surface area contributed by atoms with Gasteiger partial charge in [-0.3, -0.25) is 0 Å². The first kappa shape index (κ1) is 15.6. The van der Waals surface area contributed by atoms with E-state index in [1.807, 2.05) is 55.5 Å². The molecule has 0 saturated carbocycles. The Bertz CT molecular complexity index is 794. The van der Waals surface area contributed by atoms with Gasteiger partial charge >= 0.3 is 0 Å². The van der Waals surface area contributed by atoms with Crippen LogP contribution in [-0.2, 0) is 6.54 Å². The van der Waals surface area contributed by atoms with E-state index in [0.717, 1.165) is 33.6 Å². The molecule has 1 unspecified atom stereocenters. The Balaban J connectivity index is 1.61. The quantitative estimate of drug-likeness (QED) is 0.730. The van der Waals surface area contributed by atoms with E-state index in [1.54, 1.807) is 7.11 Å². The van der Waals surface area contributed by atoms with E-state index in [4.69, 9.17) is 9.15 Å². The molecule has 0 amide bonds. The third-order valence-electron chi connectivity index (χ3n) is 3.96. The molecule has 4 heteroatoms. The normalized spacial score (nSPS) is 12.5. The van der Waals surface area contributed by atoms with Crippen molar-refractivity contribution < 1.29 is 14.3 Å². The second kappa shape index (κ2) is 6.86. The first-order chi connectivity index (χ1) is 11.2. The van der Waals surface area contributed by atoms with Gasteiger partial charge in [-0.25, -0.2) is 0 Å². The van der Waals surface area contributed by atoms with Gasteiger partial charge in [0.1, 0.15) is 17.1 Å². The van der Waals surface area contributed by atoms with Crippen LogP contribution in [0.2, 0.25) is 0 Å². The average molecular weight is 311 g/mol. The van der Waals surface area contributed by atoms with Crippen LogP contribution in [-0.4, -0.2) is 18.8 Å². The Morgan fingerprint density at radius 2 is 2.00 bits per heavy atom. The Labute approximate surface area is 135 Å². The van der Waals surface area contributed by atoms with Crippen LogP contribution in [0.1, 0.15) is 23.0 Å². The highest BCUT2D eigenvalue weighted by Crippen LogP contribution is 2.24. The predicted octanol–water partition coefficient (Wildman–Crippen LogP) is 3.57. The topological polar surface area (TPSA) is 54.6 Å². The molecule has 1 aromatic heterocycles. The van der Waals surface area contributed by atoms with Gasteiger partial charge in [0.2, 0.25) is 0 Å². The number of nitrogens with one attached hydrogen (secondary N) is 1. The molecule has 0 saturated heterocycles. The number of rotatable bonds is 6. The first-order valence-electron chi connectivity index (χ1n) is 7.68. The van der Waals surface area contributed by atoms with E-state index in [1.165, 1.54) is 0 Å². The van der Waals surface area contributed by atoms with Gasteiger partial charge < -0.3 is 19.6 Å². The Morgan fingerprint density at radius 1 is 1.17 bits per heavy atom. The summed E-state index contributed by atoms with van der Waals surface area (Å²) < 4.78 is 11.0. The molecule has 0 bridgehead atoms. The molecule has 0 aliphatic carbocycles. The molecule has 0 fully saturated rings. The van der Waals surface area contributed by atoms with E-state index >= 15 is 0 Å². The predicted molar refractivity (Wildman–Crippen MR) is 90.6 cm³/mol. The number of benzene rings is 2. The maximum atomic E-state index is 10.3. The van der Waals surface area contributed by atoms with Crippen LogP contribution in [0.25, 0.3) is 11.0 Å². The minimum atomic E-state index is -0.527. The fourth-order valence-corrected chi connectivity index (χ4v) is 2.69. The largest absolute Gasteiger partial charge is 0.497 e. The maximum absolute atomic E-state index is 10.3. The molecule has 2 N–H and O–H groups in total. The van der Waals surface area contributed by atoms with Gasteiger partial charge in [0.05, 0.1) is 19.8 Å². The van der Waals surface area contributed by atoms with Crippen LogP contribution in [0.5, 0.6) is 5.75 Å². The van der Waals surface area contributed by atoms with E-state index in [0.29, 0.717) is 13.1 Å². The fraction of sp³-hybridized carbons (Fsp3) is 0.263. The summed E-state index contributed by atoms with van der Waals surface area (Å²) in [6.45, 7) is 3.05. The van der Waals surface area contributed by atoms with Crippen LogP contribution in [0.15, 0.2) is 52.9 Å². The molecular formula is C19H21NO3. The van der Waals surface area contributed by atoms with Crippen LogP contribution < -0.4 is 10.1 Å². The number of aliphatic hydroxyl groups is 1. The zero-order valence-corrected chi connectivity index (χ0v) is 13.4. The van der Waals surface area contributed by atoms with Gasteiger partial charge in [-0.15, -0.1) is 0 Å². The molecule has 23 heavy (non-hydrogen) atoms. The molecule has 3 aromatic rings. The van der Waals surface area contributed by atoms with Gasteiger partial charge in [-0.2, -0.15) is 0 Å². The van der Waals surface area contributed by atoms with Crippen molar-refractivity contribution in [1.82, 2.24) is 5.32 Å². The molecule has 0 aliphatic rings. The summed E-state index contributed by atoms with van der Waals surface area (Å²) in [7, 11) is 1.65. The third kappa shape index (κ3) is 3.55. The monoisotopic (exact) mass is 311 g/mol. The number of aryl methyl sites for hydroxylation is 1. The van der Waals surface area contributed by atoms with E-state index in [9.17, 15) is 5.11 Å². The number of hydrogen-bond acceptors (Lipinski definition) is 4. The number of ether oxygens (including phenoxy) is 1. The summed E-state index contributed by atoms with van der Waals surface area (Å²) in [5.74, 6) is 1.65. The molecule has 1 atom stereocenters. The van der Waals surface area contributed by atoms with Crippen LogP contribution in [0.4, 0.5) is 0 Å². The summed E-state index contributed by atoms with van der Waals surface area (Å²) in [5, 5.41) is 14.5. The lowest BCUT2D eigenvalue weighted by atomic mass is 10.0. The number of furan rings is 1. The molecule has 0 aliphatic heterocycles. The summed E-state index contributed by atoms with van der Waals surface area (Å²) in [4.78, 5) is 0. The minimum Gasteiger partial charge on any atom is -0.497 e. The number of hydrogen-bond donors (Lipinski definition) is 2. The summed E-state index contributed by atoms with van der Waals surface area (Å²) >= 11 is 0. The number of methoxy groups -OCH3 is 1. The van der Waals surface area contributed by atoms with Crippen molar-refractivity contribution in [3.8, 4) is 5.75 Å². The molecule has 2 aromatic carbocycles. The van der Waals surface area contributed by atoms with Gasteiger partial charge in [0.25, 0.3) is 0 Å². The average Bonchev–Trinajstić information content (AvgIpc) is 2.96. The highest BCUT2D eigenvalue weighted by atomic mass is 16.5. The SMILES string of the molecule is COc1ccc2oc(CNCC(O)c3ccccc3C)cc2c1. The van der Waals surface area contributed by atoms with Crippen molar-refractivity contribution in [1.29, 1.82) is 0 Å². The summed E-state index contributed by atoms with van der Waals surface area (Å²) in [6, 6.07) is 15.6. The van der Waals surface area contributed by atoms with Crippen molar-refractivity contribution in [3.63, 3.8) is 0 Å². The maximum Gasteiger partial charge on any atom is 0.134 e. The zero-order chi connectivity index (χ0) is 16.2. The standard InChI is InChI=1S/C19H21NO3/c1-13-5-3-4-6-17(13)18(21)12-20-11-16-10-14-9-15(22-2)7-8-19(14)23-16/h3-10,18,20-21H,11-12H2,1-2H3. The molecule has 120 valence electrons. The van der Waals surface area contributed by atoms with Crippen molar-refractivity contribution in [3.05, 3.63) is 65.4 Å². The highest BCUT2D eigenvalue weighted by Gasteiger charge is 2.10. The number of fused-ring (bicyclic) bond motifs is 1. The fourth-order valence-electron chi connectivity index (χ4n) is 2.69. The zero-order valence-electron chi connectivity index (χ0n) is 13.4. The number of aliphatic hydroxyl groups excluding tert-OH is 1. The molecule has 3 rings (SSSR count). The van der Waals surface area contributed by atoms with Gasteiger partial charge in [0, 0.05) is 11.9 Å².